The highest BCUT2D eigenvalue weighted by Gasteiger charge is 2.28. The Kier molecular flexibility index (Phi) is 1.54. The number of ketones is 2. The van der Waals surface area contributed by atoms with E-state index in [9.17, 15) is 9.59 Å². The van der Waals surface area contributed by atoms with Crippen LogP contribution in [0.25, 0.3) is 10.8 Å². The van der Waals surface area contributed by atoms with Crippen LogP contribution in [-0.2, 0) is 11.2 Å². The van der Waals surface area contributed by atoms with Gasteiger partial charge >= 0.3 is 0 Å². The van der Waals surface area contributed by atoms with Gasteiger partial charge in [-0.25, -0.2) is 0 Å². The van der Waals surface area contributed by atoms with Crippen molar-refractivity contribution in [2.45, 2.75) is 6.42 Å². The molecule has 2 aromatic carbocycles. The molecule has 0 fully saturated rings. The van der Waals surface area contributed by atoms with Crippen LogP contribution in [0.2, 0.25) is 0 Å². The van der Waals surface area contributed by atoms with Gasteiger partial charge in [0.2, 0.25) is 11.6 Å². The second-order valence-electron chi connectivity index (χ2n) is 3.79. The molecule has 0 amide bonds. The molecule has 0 saturated carbocycles. The first kappa shape index (κ1) is 8.36. The van der Waals surface area contributed by atoms with Gasteiger partial charge in [-0.2, -0.15) is 0 Å². The molecule has 0 radical (unpaired) electrons. The summed E-state index contributed by atoms with van der Waals surface area (Å²) >= 11 is 0. The predicted octanol–water partition coefficient (Wildman–Crippen LogP) is 2.15. The van der Waals surface area contributed by atoms with E-state index in [1.165, 1.54) is 0 Å². The Labute approximate surface area is 86.5 Å². The van der Waals surface area contributed by atoms with Crippen LogP contribution in [0.1, 0.15) is 15.9 Å². The Morgan fingerprint density at radius 2 is 1.60 bits per heavy atom. The zero-order valence-electron chi connectivity index (χ0n) is 7.99. The van der Waals surface area contributed by atoms with E-state index in [0.717, 1.165) is 16.3 Å². The summed E-state index contributed by atoms with van der Waals surface area (Å²) in [6, 6.07) is 11.6. The van der Waals surface area contributed by atoms with Crippen molar-refractivity contribution in [3.63, 3.8) is 0 Å². The van der Waals surface area contributed by atoms with Crippen LogP contribution in [0.15, 0.2) is 36.4 Å². The van der Waals surface area contributed by atoms with Gasteiger partial charge < -0.3 is 0 Å². The molecule has 72 valence electrons. The lowest BCUT2D eigenvalue weighted by molar-refractivity contribution is -0.114. The van der Waals surface area contributed by atoms with Crippen molar-refractivity contribution in [3.8, 4) is 0 Å². The van der Waals surface area contributed by atoms with Crippen LogP contribution in [0.5, 0.6) is 0 Å². The van der Waals surface area contributed by atoms with Crippen molar-refractivity contribution in [1.82, 2.24) is 0 Å². The van der Waals surface area contributed by atoms with Gasteiger partial charge in [0.1, 0.15) is 0 Å². The van der Waals surface area contributed by atoms with Gasteiger partial charge in [0.05, 0.1) is 0 Å². The standard InChI is InChI=1S/C13H8O2/c14-12-7-10-5-8-3-1-2-4-9(8)6-11(10)13(12)15/h1-6H,7H2. The van der Waals surface area contributed by atoms with Gasteiger partial charge in [-0.15, -0.1) is 0 Å². The Bertz CT molecular complexity index is 597. The van der Waals surface area contributed by atoms with Gasteiger partial charge in [-0.1, -0.05) is 24.3 Å². The van der Waals surface area contributed by atoms with Gasteiger partial charge in [0, 0.05) is 12.0 Å². The average molecular weight is 196 g/mol. The predicted molar refractivity (Wildman–Crippen MR) is 57.0 cm³/mol. The topological polar surface area (TPSA) is 34.1 Å². The molecule has 2 nitrogen and oxygen atoms in total. The summed E-state index contributed by atoms with van der Waals surface area (Å²) < 4.78 is 0. The fourth-order valence-corrected chi connectivity index (χ4v) is 2.05. The minimum Gasteiger partial charge on any atom is -0.290 e. The van der Waals surface area contributed by atoms with Crippen LogP contribution in [0.4, 0.5) is 0 Å². The Morgan fingerprint density at radius 3 is 2.33 bits per heavy atom. The fraction of sp³-hybridized carbons (Fsp3) is 0.0769. The monoisotopic (exact) mass is 196 g/mol. The summed E-state index contributed by atoms with van der Waals surface area (Å²) in [5.74, 6) is -0.629. The van der Waals surface area contributed by atoms with Crippen LogP contribution in [0.3, 0.4) is 0 Å². The number of carbonyl (C=O) groups is 2. The molecule has 0 aliphatic heterocycles. The smallest absolute Gasteiger partial charge is 0.229 e. The maximum atomic E-state index is 11.5. The maximum Gasteiger partial charge on any atom is 0.229 e. The first-order valence-corrected chi connectivity index (χ1v) is 4.85. The van der Waals surface area contributed by atoms with Crippen LogP contribution >= 0.6 is 0 Å². The van der Waals surface area contributed by atoms with Crippen LogP contribution in [0, 0.1) is 0 Å². The van der Waals surface area contributed by atoms with E-state index in [0.29, 0.717) is 5.56 Å². The van der Waals surface area contributed by atoms with Crippen molar-refractivity contribution in [3.05, 3.63) is 47.5 Å². The minimum absolute atomic E-state index is 0.263. The van der Waals surface area contributed by atoms with Gasteiger partial charge in [0.25, 0.3) is 0 Å². The summed E-state index contributed by atoms with van der Waals surface area (Å²) in [6.45, 7) is 0. The van der Waals surface area contributed by atoms with Crippen molar-refractivity contribution >= 4 is 22.3 Å². The Morgan fingerprint density at radius 1 is 0.933 bits per heavy atom. The van der Waals surface area contributed by atoms with Crippen LogP contribution in [-0.4, -0.2) is 11.6 Å². The normalized spacial score (nSPS) is 14.7. The molecule has 2 heteroatoms. The molecule has 0 aromatic heterocycles. The summed E-state index contributed by atoms with van der Waals surface area (Å²) in [7, 11) is 0. The van der Waals surface area contributed by atoms with E-state index in [1.807, 2.05) is 36.4 Å². The molecule has 0 spiro atoms. The van der Waals surface area contributed by atoms with E-state index in [-0.39, 0.29) is 18.0 Å². The van der Waals surface area contributed by atoms with Crippen molar-refractivity contribution in [2.24, 2.45) is 0 Å². The summed E-state index contributed by atoms with van der Waals surface area (Å²) in [6.07, 6.45) is 0.263. The van der Waals surface area contributed by atoms with Crippen molar-refractivity contribution < 1.29 is 9.59 Å². The third kappa shape index (κ3) is 1.11. The summed E-state index contributed by atoms with van der Waals surface area (Å²) in [5.41, 5.74) is 1.45. The molecule has 0 atom stereocenters. The fourth-order valence-electron chi connectivity index (χ4n) is 2.05. The second kappa shape index (κ2) is 2.76. The zero-order valence-corrected chi connectivity index (χ0v) is 7.99. The Hall–Kier alpha value is -1.96. The molecule has 1 aliphatic carbocycles. The third-order valence-corrected chi connectivity index (χ3v) is 2.82. The number of rotatable bonds is 0. The molecule has 0 N–H and O–H groups in total. The van der Waals surface area contributed by atoms with E-state index in [2.05, 4.69) is 0 Å². The lowest BCUT2D eigenvalue weighted by atomic mass is 10.0. The number of fused-ring (bicyclic) bond motifs is 2. The third-order valence-electron chi connectivity index (χ3n) is 2.82. The molecule has 0 bridgehead atoms. The largest absolute Gasteiger partial charge is 0.290 e. The first-order valence-electron chi connectivity index (χ1n) is 4.85. The van der Waals surface area contributed by atoms with Gasteiger partial charge in [-0.05, 0) is 28.5 Å². The average Bonchev–Trinajstić information content (AvgIpc) is 2.52. The molecule has 15 heavy (non-hydrogen) atoms. The van der Waals surface area contributed by atoms with E-state index >= 15 is 0 Å². The highest BCUT2D eigenvalue weighted by atomic mass is 16.2. The number of benzene rings is 2. The molecular formula is C13H8O2. The molecule has 2 aromatic rings. The van der Waals surface area contributed by atoms with Gasteiger partial charge in [0.15, 0.2) is 0 Å². The number of hydrogen-bond donors (Lipinski definition) is 0. The minimum atomic E-state index is -0.337. The highest BCUT2D eigenvalue weighted by molar-refractivity contribution is 6.47. The molecule has 1 aliphatic rings. The van der Waals surface area contributed by atoms with Crippen molar-refractivity contribution in [2.75, 3.05) is 0 Å². The second-order valence-corrected chi connectivity index (χ2v) is 3.79. The molecule has 0 saturated heterocycles. The van der Waals surface area contributed by atoms with Gasteiger partial charge in [-0.3, -0.25) is 9.59 Å². The molecule has 0 unspecified atom stereocenters. The Balaban J connectivity index is 2.36. The van der Waals surface area contributed by atoms with Crippen molar-refractivity contribution in [1.29, 1.82) is 0 Å². The SMILES string of the molecule is O=C1Cc2cc3ccccc3cc2C1=O. The van der Waals surface area contributed by atoms with E-state index in [1.54, 1.807) is 0 Å². The number of hydrogen-bond acceptors (Lipinski definition) is 2. The summed E-state index contributed by atoms with van der Waals surface area (Å²) in [5, 5.41) is 2.10. The lowest BCUT2D eigenvalue weighted by Crippen LogP contribution is -2.05. The number of Topliss-reactive ketones (excluding diaryl/α,β-unsaturated/α-hetero) is 2. The van der Waals surface area contributed by atoms with Crippen LogP contribution < -0.4 is 0 Å². The lowest BCUT2D eigenvalue weighted by Gasteiger charge is -2.00. The van der Waals surface area contributed by atoms with E-state index < -0.39 is 0 Å². The van der Waals surface area contributed by atoms with E-state index in [4.69, 9.17) is 0 Å². The molecule has 0 heterocycles. The quantitative estimate of drug-likeness (QED) is 0.605. The number of carbonyl (C=O) groups excluding carboxylic acids is 2. The summed E-state index contributed by atoms with van der Waals surface area (Å²) in [4.78, 5) is 22.8. The first-order chi connectivity index (χ1) is 7.25. The molecule has 3 rings (SSSR count). The maximum absolute atomic E-state index is 11.5. The molecular weight excluding hydrogens is 188 g/mol. The highest BCUT2D eigenvalue weighted by Crippen LogP contribution is 2.25. The zero-order chi connectivity index (χ0) is 10.4.